The van der Waals surface area contributed by atoms with Crippen LogP contribution in [0.15, 0.2) is 29.0 Å². The average molecular weight is 268 g/mol. The van der Waals surface area contributed by atoms with Gasteiger partial charge in [-0.2, -0.15) is 11.3 Å². The minimum Gasteiger partial charge on any atom is -0.496 e. The molecule has 2 nitrogen and oxygen atoms in total. The van der Waals surface area contributed by atoms with Gasteiger partial charge in [0.05, 0.1) is 13.2 Å². The first-order valence-corrected chi connectivity index (χ1v) is 6.57. The van der Waals surface area contributed by atoms with Crippen molar-refractivity contribution >= 4 is 22.9 Å². The largest absolute Gasteiger partial charge is 0.496 e. The molecule has 0 saturated heterocycles. The van der Waals surface area contributed by atoms with Crippen molar-refractivity contribution in [2.24, 2.45) is 5.73 Å². The van der Waals surface area contributed by atoms with Crippen LogP contribution in [-0.4, -0.2) is 7.11 Å². The summed E-state index contributed by atoms with van der Waals surface area (Å²) in [5.74, 6) is 0.771. The summed E-state index contributed by atoms with van der Waals surface area (Å²) >= 11 is 7.66. The van der Waals surface area contributed by atoms with E-state index in [9.17, 15) is 0 Å². The molecule has 0 bridgehead atoms. The normalized spacial score (nSPS) is 12.5. The maximum Gasteiger partial charge on any atom is 0.124 e. The second-order valence-electron chi connectivity index (χ2n) is 3.87. The predicted molar refractivity (Wildman–Crippen MR) is 73.1 cm³/mol. The zero-order valence-corrected chi connectivity index (χ0v) is 11.3. The molecule has 1 aromatic heterocycles. The molecule has 1 heterocycles. The third kappa shape index (κ3) is 2.46. The average Bonchev–Trinajstić information content (AvgIpc) is 2.74. The lowest BCUT2D eigenvalue weighted by Crippen LogP contribution is -2.13. The number of hydrogen-bond donors (Lipinski definition) is 1. The summed E-state index contributed by atoms with van der Waals surface area (Å²) in [7, 11) is 1.64. The second kappa shape index (κ2) is 5.08. The molecule has 2 N–H and O–H groups in total. The second-order valence-corrected chi connectivity index (χ2v) is 5.05. The van der Waals surface area contributed by atoms with Crippen molar-refractivity contribution in [1.29, 1.82) is 0 Å². The molecule has 4 heteroatoms. The first-order chi connectivity index (χ1) is 8.13. The highest BCUT2D eigenvalue weighted by molar-refractivity contribution is 7.08. The van der Waals surface area contributed by atoms with Gasteiger partial charge in [-0.1, -0.05) is 11.6 Å². The number of halogens is 1. The first-order valence-electron chi connectivity index (χ1n) is 5.25. The fourth-order valence-corrected chi connectivity index (χ4v) is 2.87. The van der Waals surface area contributed by atoms with Gasteiger partial charge < -0.3 is 10.5 Å². The van der Waals surface area contributed by atoms with E-state index >= 15 is 0 Å². The van der Waals surface area contributed by atoms with E-state index in [2.05, 4.69) is 17.7 Å². The van der Waals surface area contributed by atoms with E-state index in [0.29, 0.717) is 5.02 Å². The quantitative estimate of drug-likeness (QED) is 0.919. The number of rotatable bonds is 3. The molecular formula is C13H14ClNOS. The number of aryl methyl sites for hydroxylation is 1. The molecule has 0 amide bonds. The lowest BCUT2D eigenvalue weighted by molar-refractivity contribution is 0.408. The molecule has 2 aromatic rings. The summed E-state index contributed by atoms with van der Waals surface area (Å²) in [5.41, 5.74) is 9.51. The lowest BCUT2D eigenvalue weighted by atomic mass is 9.98. The standard InChI is InChI=1S/C13H14ClNOS/c1-8-6-17-7-11(8)13(15)10-5-9(14)3-4-12(10)16-2/h3-7,13H,15H2,1-2H3. The highest BCUT2D eigenvalue weighted by Gasteiger charge is 2.16. The summed E-state index contributed by atoms with van der Waals surface area (Å²) < 4.78 is 5.32. The Morgan fingerprint density at radius 3 is 2.65 bits per heavy atom. The van der Waals surface area contributed by atoms with E-state index in [0.717, 1.165) is 16.9 Å². The van der Waals surface area contributed by atoms with Crippen LogP contribution in [0.2, 0.25) is 5.02 Å². The van der Waals surface area contributed by atoms with Crippen LogP contribution in [0, 0.1) is 6.92 Å². The molecule has 17 heavy (non-hydrogen) atoms. The van der Waals surface area contributed by atoms with Gasteiger partial charge in [0.1, 0.15) is 5.75 Å². The summed E-state index contributed by atoms with van der Waals surface area (Å²) in [4.78, 5) is 0. The van der Waals surface area contributed by atoms with Gasteiger partial charge >= 0.3 is 0 Å². The van der Waals surface area contributed by atoms with E-state index in [1.54, 1.807) is 24.5 Å². The molecule has 2 rings (SSSR count). The van der Waals surface area contributed by atoms with Gasteiger partial charge in [0.25, 0.3) is 0 Å². The van der Waals surface area contributed by atoms with Crippen molar-refractivity contribution < 1.29 is 4.74 Å². The van der Waals surface area contributed by atoms with Crippen LogP contribution in [0.25, 0.3) is 0 Å². The van der Waals surface area contributed by atoms with Crippen LogP contribution in [-0.2, 0) is 0 Å². The van der Waals surface area contributed by atoms with Crippen molar-refractivity contribution in [2.45, 2.75) is 13.0 Å². The summed E-state index contributed by atoms with van der Waals surface area (Å²) in [6, 6.07) is 5.31. The molecule has 0 fully saturated rings. The Labute approximate surface area is 110 Å². The third-order valence-corrected chi connectivity index (χ3v) is 3.87. The maximum absolute atomic E-state index is 6.27. The van der Waals surface area contributed by atoms with Crippen LogP contribution in [0.1, 0.15) is 22.7 Å². The molecule has 1 aromatic carbocycles. The van der Waals surface area contributed by atoms with Crippen molar-refractivity contribution in [3.63, 3.8) is 0 Å². The number of thiophene rings is 1. The number of methoxy groups -OCH3 is 1. The summed E-state index contributed by atoms with van der Waals surface area (Å²) in [6.07, 6.45) is 0. The molecule has 90 valence electrons. The van der Waals surface area contributed by atoms with Crippen LogP contribution < -0.4 is 10.5 Å². The zero-order chi connectivity index (χ0) is 12.4. The topological polar surface area (TPSA) is 35.2 Å². The fraction of sp³-hybridized carbons (Fsp3) is 0.231. The number of hydrogen-bond acceptors (Lipinski definition) is 3. The van der Waals surface area contributed by atoms with Crippen LogP contribution >= 0.6 is 22.9 Å². The minimum atomic E-state index is -0.199. The van der Waals surface area contributed by atoms with E-state index in [1.807, 2.05) is 12.1 Å². The minimum absolute atomic E-state index is 0.199. The molecule has 0 spiro atoms. The summed E-state index contributed by atoms with van der Waals surface area (Å²) in [5, 5.41) is 4.83. The number of ether oxygens (including phenoxy) is 1. The van der Waals surface area contributed by atoms with E-state index in [4.69, 9.17) is 22.1 Å². The highest BCUT2D eigenvalue weighted by Crippen LogP contribution is 2.33. The van der Waals surface area contributed by atoms with Crippen LogP contribution in [0.5, 0.6) is 5.75 Å². The Bertz CT molecular complexity index is 524. The van der Waals surface area contributed by atoms with Gasteiger partial charge in [-0.05, 0) is 47.0 Å². The maximum atomic E-state index is 6.27. The smallest absolute Gasteiger partial charge is 0.124 e. The van der Waals surface area contributed by atoms with Gasteiger partial charge in [-0.25, -0.2) is 0 Å². The van der Waals surface area contributed by atoms with E-state index in [1.165, 1.54) is 5.56 Å². The van der Waals surface area contributed by atoms with Crippen LogP contribution in [0.3, 0.4) is 0 Å². The van der Waals surface area contributed by atoms with Gasteiger partial charge in [-0.3, -0.25) is 0 Å². The Balaban J connectivity index is 2.46. The first kappa shape index (κ1) is 12.4. The monoisotopic (exact) mass is 267 g/mol. The van der Waals surface area contributed by atoms with Gasteiger partial charge in [0.2, 0.25) is 0 Å². The Morgan fingerprint density at radius 2 is 2.06 bits per heavy atom. The van der Waals surface area contributed by atoms with Gasteiger partial charge in [-0.15, -0.1) is 0 Å². The summed E-state index contributed by atoms with van der Waals surface area (Å²) in [6.45, 7) is 2.06. The molecule has 0 saturated carbocycles. The van der Waals surface area contributed by atoms with Crippen molar-refractivity contribution in [3.8, 4) is 5.75 Å². The van der Waals surface area contributed by atoms with E-state index in [-0.39, 0.29) is 6.04 Å². The van der Waals surface area contributed by atoms with Crippen molar-refractivity contribution in [2.75, 3.05) is 7.11 Å². The Hall–Kier alpha value is -1.03. The van der Waals surface area contributed by atoms with Gasteiger partial charge in [0.15, 0.2) is 0 Å². The number of benzene rings is 1. The van der Waals surface area contributed by atoms with Crippen molar-refractivity contribution in [3.05, 3.63) is 50.7 Å². The molecular weight excluding hydrogens is 254 g/mol. The molecule has 1 unspecified atom stereocenters. The Kier molecular flexibility index (Phi) is 3.72. The fourth-order valence-electron chi connectivity index (χ4n) is 1.80. The van der Waals surface area contributed by atoms with Crippen molar-refractivity contribution in [1.82, 2.24) is 0 Å². The molecule has 0 aliphatic heterocycles. The SMILES string of the molecule is COc1ccc(Cl)cc1C(N)c1cscc1C. The molecule has 0 aliphatic rings. The lowest BCUT2D eigenvalue weighted by Gasteiger charge is -2.16. The third-order valence-electron chi connectivity index (χ3n) is 2.76. The molecule has 1 atom stereocenters. The Morgan fingerprint density at radius 1 is 1.29 bits per heavy atom. The van der Waals surface area contributed by atoms with Crippen LogP contribution in [0.4, 0.5) is 0 Å². The van der Waals surface area contributed by atoms with E-state index < -0.39 is 0 Å². The molecule has 0 radical (unpaired) electrons. The highest BCUT2D eigenvalue weighted by atomic mass is 35.5. The van der Waals surface area contributed by atoms with Gasteiger partial charge in [0, 0.05) is 10.6 Å². The molecule has 0 aliphatic carbocycles. The number of nitrogens with two attached hydrogens (primary N) is 1. The predicted octanol–water partition coefficient (Wildman–Crippen LogP) is 3.77. The zero-order valence-electron chi connectivity index (χ0n) is 9.74.